The molecular weight excluding hydrogens is 750 g/mol. The molecule has 0 N–H and O–H groups in total. The van der Waals surface area contributed by atoms with E-state index in [-0.39, 0.29) is 32.0 Å². The Hall–Kier alpha value is -1.25. The second kappa shape index (κ2) is 41.1. The molecule has 0 saturated carbocycles. The molecule has 0 aliphatic heterocycles. The van der Waals surface area contributed by atoms with Gasteiger partial charge in [-0.1, -0.05) is 193 Å². The van der Waals surface area contributed by atoms with E-state index in [1.54, 1.807) is 0 Å². The van der Waals surface area contributed by atoms with Gasteiger partial charge in [-0.15, -0.1) is 0 Å². The number of rotatable bonds is 45. The summed E-state index contributed by atoms with van der Waals surface area (Å²) < 4.78 is 34.0. The van der Waals surface area contributed by atoms with E-state index in [1.807, 2.05) is 21.1 Å². The lowest BCUT2D eigenvalue weighted by atomic mass is 10.0. The number of hydrogen-bond acceptors (Lipinski definition) is 8. The van der Waals surface area contributed by atoms with Gasteiger partial charge < -0.3 is 27.9 Å². The number of carbonyl (C=O) groups is 2. The highest BCUT2D eigenvalue weighted by Gasteiger charge is 2.21. The molecule has 0 fully saturated rings. The number of likely N-dealkylation sites (N-methyl/N-ethyl adjacent to an activating group) is 1. The van der Waals surface area contributed by atoms with E-state index in [0.29, 0.717) is 17.4 Å². The van der Waals surface area contributed by atoms with E-state index in [1.165, 1.54) is 148 Å². The van der Waals surface area contributed by atoms with Crippen molar-refractivity contribution in [3.8, 4) is 0 Å². The Morgan fingerprint density at radius 2 is 0.879 bits per heavy atom. The van der Waals surface area contributed by atoms with Crippen molar-refractivity contribution >= 4 is 19.8 Å². The number of quaternary nitrogens is 1. The molecule has 0 aliphatic rings. The third-order valence-corrected chi connectivity index (χ3v) is 11.7. The van der Waals surface area contributed by atoms with Crippen molar-refractivity contribution in [1.29, 1.82) is 0 Å². The predicted octanol–water partition coefficient (Wildman–Crippen LogP) is 13.5. The van der Waals surface area contributed by atoms with Crippen LogP contribution in [0.25, 0.3) is 0 Å². The predicted molar refractivity (Wildman–Crippen MR) is 241 cm³/mol. The van der Waals surface area contributed by atoms with Crippen LogP contribution in [0.1, 0.15) is 232 Å². The normalized spacial score (nSPS) is 13.6. The lowest BCUT2D eigenvalue weighted by Gasteiger charge is -2.28. The lowest BCUT2D eigenvalue weighted by molar-refractivity contribution is -0.870. The van der Waals surface area contributed by atoms with Gasteiger partial charge in [0.1, 0.15) is 19.8 Å². The standard InChI is InChI=1S/C48H94NO8P/c1-6-8-10-12-14-16-18-20-22-24-25-27-28-30-32-34-36-38-40-47(50)54-44-46(45-56-58(52,53)55-43-42-49(3,4)5)57-48(51)41-39-37-35-33-31-29-26-23-21-19-17-15-13-11-9-7-2/h23,26,46H,6-22,24-25,27-45H2,1-5H3/b26-23-. The van der Waals surface area contributed by atoms with E-state index in [9.17, 15) is 19.0 Å². The smallest absolute Gasteiger partial charge is 0.306 e. The van der Waals surface area contributed by atoms with Crippen LogP contribution < -0.4 is 4.89 Å². The molecule has 0 aromatic rings. The van der Waals surface area contributed by atoms with Crippen LogP contribution in [0.5, 0.6) is 0 Å². The van der Waals surface area contributed by atoms with Crippen molar-refractivity contribution in [2.24, 2.45) is 0 Å². The first kappa shape index (κ1) is 56.8. The highest BCUT2D eigenvalue weighted by Crippen LogP contribution is 2.38. The van der Waals surface area contributed by atoms with Crippen molar-refractivity contribution in [2.45, 2.75) is 238 Å². The van der Waals surface area contributed by atoms with Gasteiger partial charge >= 0.3 is 11.9 Å². The van der Waals surface area contributed by atoms with Crippen molar-refractivity contribution in [1.82, 2.24) is 0 Å². The molecule has 0 amide bonds. The van der Waals surface area contributed by atoms with Crippen LogP contribution in [0.4, 0.5) is 0 Å². The zero-order valence-electron chi connectivity index (χ0n) is 38.8. The van der Waals surface area contributed by atoms with Crippen molar-refractivity contribution in [3.63, 3.8) is 0 Å². The van der Waals surface area contributed by atoms with Crippen molar-refractivity contribution in [2.75, 3.05) is 47.5 Å². The Labute approximate surface area is 358 Å². The number of nitrogens with zero attached hydrogens (tertiary/aromatic N) is 1. The van der Waals surface area contributed by atoms with Crippen LogP contribution >= 0.6 is 7.82 Å². The van der Waals surface area contributed by atoms with Gasteiger partial charge in [0.2, 0.25) is 0 Å². The maximum absolute atomic E-state index is 12.7. The summed E-state index contributed by atoms with van der Waals surface area (Å²) in [7, 11) is 1.17. The van der Waals surface area contributed by atoms with Gasteiger partial charge in [0.25, 0.3) is 7.82 Å². The number of phosphoric ester groups is 1. The molecule has 10 heteroatoms. The summed E-state index contributed by atoms with van der Waals surface area (Å²) in [5.74, 6) is -0.831. The molecule has 58 heavy (non-hydrogen) atoms. The van der Waals surface area contributed by atoms with Crippen LogP contribution in [-0.2, 0) is 32.7 Å². The van der Waals surface area contributed by atoms with E-state index >= 15 is 0 Å². The van der Waals surface area contributed by atoms with Crippen LogP contribution in [0.15, 0.2) is 12.2 Å². The summed E-state index contributed by atoms with van der Waals surface area (Å²) in [4.78, 5) is 37.6. The number of carbonyl (C=O) groups excluding carboxylic acids is 2. The summed E-state index contributed by atoms with van der Waals surface area (Å²) in [6.45, 7) is 4.26. The zero-order valence-corrected chi connectivity index (χ0v) is 39.7. The maximum atomic E-state index is 12.7. The average molecular weight is 844 g/mol. The Morgan fingerprint density at radius 1 is 0.517 bits per heavy atom. The topological polar surface area (TPSA) is 111 Å². The molecule has 344 valence electrons. The highest BCUT2D eigenvalue weighted by atomic mass is 31.2. The number of esters is 2. The van der Waals surface area contributed by atoms with Gasteiger partial charge in [-0.3, -0.25) is 14.2 Å². The van der Waals surface area contributed by atoms with Crippen LogP contribution in [-0.4, -0.2) is 70.0 Å². The average Bonchev–Trinajstić information content (AvgIpc) is 3.17. The highest BCUT2D eigenvalue weighted by molar-refractivity contribution is 7.45. The largest absolute Gasteiger partial charge is 0.756 e. The summed E-state index contributed by atoms with van der Waals surface area (Å²) in [6.07, 6.45) is 43.8. The second-order valence-electron chi connectivity index (χ2n) is 17.8. The van der Waals surface area contributed by atoms with Crippen LogP contribution in [0, 0.1) is 0 Å². The molecule has 2 unspecified atom stereocenters. The van der Waals surface area contributed by atoms with Gasteiger partial charge in [0, 0.05) is 12.8 Å². The zero-order chi connectivity index (χ0) is 42.8. The van der Waals surface area contributed by atoms with Crippen molar-refractivity contribution in [3.05, 3.63) is 12.2 Å². The summed E-state index contributed by atoms with van der Waals surface area (Å²) in [5, 5.41) is 0. The molecular formula is C48H94NO8P. The number of hydrogen-bond donors (Lipinski definition) is 0. The third-order valence-electron chi connectivity index (χ3n) is 10.8. The molecule has 0 saturated heterocycles. The van der Waals surface area contributed by atoms with E-state index < -0.39 is 26.5 Å². The second-order valence-corrected chi connectivity index (χ2v) is 19.2. The van der Waals surface area contributed by atoms with Crippen LogP contribution in [0.2, 0.25) is 0 Å². The molecule has 0 heterocycles. The molecule has 0 rings (SSSR count). The summed E-state index contributed by atoms with van der Waals surface area (Å²) >= 11 is 0. The third kappa shape index (κ3) is 44.3. The van der Waals surface area contributed by atoms with Gasteiger partial charge in [0.05, 0.1) is 27.7 Å². The SMILES string of the molecule is CCCCCCCCC/C=C\CCCCCCCC(=O)OC(COC(=O)CCCCCCCCCCCCCCCCCCCC)COP(=O)([O-])OCC[N+](C)(C)C. The van der Waals surface area contributed by atoms with Crippen LogP contribution in [0.3, 0.4) is 0 Å². The fourth-order valence-corrected chi connectivity index (χ4v) is 7.67. The molecule has 2 atom stereocenters. The molecule has 9 nitrogen and oxygen atoms in total. The molecule has 0 radical (unpaired) electrons. The van der Waals surface area contributed by atoms with E-state index in [4.69, 9.17) is 18.5 Å². The number of allylic oxidation sites excluding steroid dienone is 2. The lowest BCUT2D eigenvalue weighted by Crippen LogP contribution is -2.37. The number of unbranched alkanes of at least 4 members (excludes halogenated alkanes) is 29. The fourth-order valence-electron chi connectivity index (χ4n) is 6.95. The summed E-state index contributed by atoms with van der Waals surface area (Å²) in [5.41, 5.74) is 0. The first-order valence-corrected chi connectivity index (χ1v) is 25.9. The summed E-state index contributed by atoms with van der Waals surface area (Å²) in [6, 6.07) is 0. The van der Waals surface area contributed by atoms with Gasteiger partial charge in [0.15, 0.2) is 6.10 Å². The Balaban J connectivity index is 4.26. The monoisotopic (exact) mass is 844 g/mol. The van der Waals surface area contributed by atoms with Gasteiger partial charge in [-0.25, -0.2) is 0 Å². The first-order valence-electron chi connectivity index (χ1n) is 24.4. The van der Waals surface area contributed by atoms with E-state index in [0.717, 1.165) is 51.4 Å². The molecule has 0 bridgehead atoms. The fraction of sp³-hybridized carbons (Fsp3) is 0.917. The van der Waals surface area contributed by atoms with Gasteiger partial charge in [-0.05, 0) is 38.5 Å². The molecule has 0 spiro atoms. The number of phosphoric acid groups is 1. The van der Waals surface area contributed by atoms with Gasteiger partial charge in [-0.2, -0.15) is 0 Å². The molecule has 0 aromatic carbocycles. The number of ether oxygens (including phenoxy) is 2. The minimum absolute atomic E-state index is 0.0291. The molecule has 0 aliphatic carbocycles. The first-order chi connectivity index (χ1) is 28.0. The van der Waals surface area contributed by atoms with E-state index in [2.05, 4.69) is 26.0 Å². The molecule has 0 aromatic heterocycles. The Morgan fingerprint density at radius 3 is 1.28 bits per heavy atom. The maximum Gasteiger partial charge on any atom is 0.306 e. The minimum Gasteiger partial charge on any atom is -0.756 e. The van der Waals surface area contributed by atoms with Crippen molar-refractivity contribution < 1.29 is 42.1 Å². The Kier molecular flexibility index (Phi) is 40.2. The quantitative estimate of drug-likeness (QED) is 0.0196. The Bertz CT molecular complexity index is 1000. The minimum atomic E-state index is -4.62.